The predicted octanol–water partition coefficient (Wildman–Crippen LogP) is 2.01. The fraction of sp³-hybridized carbons (Fsp3) is 0.250. The minimum atomic E-state index is -2.69. The lowest BCUT2D eigenvalue weighted by molar-refractivity contribution is -0.124. The number of hydrogen-bond donors (Lipinski definition) is 0. The van der Waals surface area contributed by atoms with Crippen molar-refractivity contribution in [2.24, 2.45) is 0 Å². The highest BCUT2D eigenvalue weighted by molar-refractivity contribution is 7.70. The van der Waals surface area contributed by atoms with Crippen LogP contribution in [-0.4, -0.2) is 23.3 Å². The van der Waals surface area contributed by atoms with Gasteiger partial charge in [-0.15, -0.1) is 6.58 Å². The number of rotatable bonds is 3. The summed E-state index contributed by atoms with van der Waals surface area (Å²) in [5.41, 5.74) is 0. The first-order valence-corrected chi connectivity index (χ1v) is 7.09. The predicted molar refractivity (Wildman–Crippen MR) is 65.1 cm³/mol. The summed E-state index contributed by atoms with van der Waals surface area (Å²) in [5.74, 6) is -0.0351. The van der Waals surface area contributed by atoms with Gasteiger partial charge in [0, 0.05) is 24.4 Å². The Kier molecular flexibility index (Phi) is 2.97. The van der Waals surface area contributed by atoms with Crippen LogP contribution in [0.15, 0.2) is 43.0 Å². The second-order valence-electron chi connectivity index (χ2n) is 3.78. The highest BCUT2D eigenvalue weighted by Crippen LogP contribution is 2.53. The molecule has 16 heavy (non-hydrogen) atoms. The molecule has 1 aliphatic rings. The molecule has 1 aromatic rings. The van der Waals surface area contributed by atoms with Crippen LogP contribution in [0.4, 0.5) is 0 Å². The van der Waals surface area contributed by atoms with Crippen LogP contribution >= 0.6 is 7.29 Å². The fourth-order valence-electron chi connectivity index (χ4n) is 1.96. The highest BCUT2D eigenvalue weighted by Gasteiger charge is 2.41. The Morgan fingerprint density at radius 1 is 1.38 bits per heavy atom. The molecule has 0 aromatic heterocycles. The number of amides is 1. The van der Waals surface area contributed by atoms with Crippen LogP contribution in [0.1, 0.15) is 6.42 Å². The molecule has 1 heterocycles. The molecular formula is C12H14NO2P. The smallest absolute Gasteiger partial charge is 0.229 e. The number of hydrogen-bond acceptors (Lipinski definition) is 2. The molecule has 1 unspecified atom stereocenters. The van der Waals surface area contributed by atoms with Gasteiger partial charge in [0.1, 0.15) is 0 Å². The van der Waals surface area contributed by atoms with Gasteiger partial charge < -0.3 is 0 Å². The van der Waals surface area contributed by atoms with Crippen molar-refractivity contribution in [3.8, 4) is 0 Å². The first kappa shape index (κ1) is 11.2. The summed E-state index contributed by atoms with van der Waals surface area (Å²) >= 11 is 0. The molecule has 1 aliphatic heterocycles. The quantitative estimate of drug-likeness (QED) is 0.593. The van der Waals surface area contributed by atoms with Crippen LogP contribution in [0.2, 0.25) is 0 Å². The largest absolute Gasteiger partial charge is 0.295 e. The first-order valence-electron chi connectivity index (χ1n) is 5.25. The Balaban J connectivity index is 2.41. The molecule has 1 saturated heterocycles. The van der Waals surface area contributed by atoms with Crippen molar-refractivity contribution >= 4 is 18.5 Å². The molecule has 3 nitrogen and oxygen atoms in total. The molecule has 1 atom stereocenters. The van der Waals surface area contributed by atoms with Crippen molar-refractivity contribution < 1.29 is 9.36 Å². The van der Waals surface area contributed by atoms with Crippen molar-refractivity contribution in [1.82, 2.24) is 4.67 Å². The maximum atomic E-state index is 12.8. The Hall–Kier alpha value is -1.34. The summed E-state index contributed by atoms with van der Waals surface area (Å²) in [5, 5.41) is 0.766. The van der Waals surface area contributed by atoms with Gasteiger partial charge in [0.15, 0.2) is 0 Å². The van der Waals surface area contributed by atoms with E-state index >= 15 is 0 Å². The molecule has 0 aliphatic carbocycles. The third-order valence-corrected chi connectivity index (χ3v) is 5.87. The van der Waals surface area contributed by atoms with Gasteiger partial charge in [-0.05, 0) is 12.1 Å². The summed E-state index contributed by atoms with van der Waals surface area (Å²) in [6.45, 7) is 3.97. The maximum Gasteiger partial charge on any atom is 0.229 e. The summed E-state index contributed by atoms with van der Waals surface area (Å²) in [4.78, 5) is 11.7. The van der Waals surface area contributed by atoms with E-state index in [0.717, 1.165) is 5.30 Å². The van der Waals surface area contributed by atoms with Crippen LogP contribution < -0.4 is 5.30 Å². The zero-order chi connectivity index (χ0) is 11.6. The third-order valence-electron chi connectivity index (χ3n) is 2.77. The van der Waals surface area contributed by atoms with E-state index in [-0.39, 0.29) is 5.91 Å². The zero-order valence-corrected chi connectivity index (χ0v) is 9.90. The van der Waals surface area contributed by atoms with E-state index in [9.17, 15) is 9.36 Å². The van der Waals surface area contributed by atoms with E-state index < -0.39 is 7.29 Å². The summed E-state index contributed by atoms with van der Waals surface area (Å²) in [6.07, 6.45) is 2.45. The summed E-state index contributed by atoms with van der Waals surface area (Å²) in [7, 11) is -2.69. The Labute approximate surface area is 95.2 Å². The molecular weight excluding hydrogens is 221 g/mol. The molecule has 0 spiro atoms. The van der Waals surface area contributed by atoms with Crippen LogP contribution in [0.5, 0.6) is 0 Å². The van der Waals surface area contributed by atoms with Gasteiger partial charge in [0.05, 0.1) is 0 Å². The average Bonchev–Trinajstić information content (AvgIpc) is 2.60. The first-order chi connectivity index (χ1) is 7.68. The lowest BCUT2D eigenvalue weighted by Crippen LogP contribution is -2.25. The molecule has 4 heteroatoms. The minimum Gasteiger partial charge on any atom is -0.295 e. The van der Waals surface area contributed by atoms with Crippen LogP contribution in [0, 0.1) is 0 Å². The normalized spacial score (nSPS) is 24.8. The lowest BCUT2D eigenvalue weighted by Gasteiger charge is -2.23. The minimum absolute atomic E-state index is 0.0351. The van der Waals surface area contributed by atoms with Crippen molar-refractivity contribution in [2.45, 2.75) is 6.42 Å². The van der Waals surface area contributed by atoms with E-state index in [1.165, 1.54) is 4.67 Å². The molecule has 84 valence electrons. The van der Waals surface area contributed by atoms with Crippen molar-refractivity contribution in [2.75, 3.05) is 12.7 Å². The van der Waals surface area contributed by atoms with Gasteiger partial charge >= 0.3 is 0 Å². The fourth-order valence-corrected chi connectivity index (χ4v) is 4.71. The number of nitrogens with zero attached hydrogens (tertiary/aromatic N) is 1. The van der Waals surface area contributed by atoms with Gasteiger partial charge in [0.2, 0.25) is 13.2 Å². The van der Waals surface area contributed by atoms with Gasteiger partial charge in [0.25, 0.3) is 0 Å². The van der Waals surface area contributed by atoms with Crippen LogP contribution in [0.3, 0.4) is 0 Å². The number of carbonyl (C=O) groups excluding carboxylic acids is 1. The molecule has 0 N–H and O–H groups in total. The molecule has 0 saturated carbocycles. The maximum absolute atomic E-state index is 12.8. The van der Waals surface area contributed by atoms with E-state index in [2.05, 4.69) is 6.58 Å². The standard InChI is InChI=1S/C12H14NO2P/c1-2-9-13-12(14)8-10-16(13,15)11-6-4-3-5-7-11/h2-7H,1,8-10H2. The van der Waals surface area contributed by atoms with Gasteiger partial charge in [-0.3, -0.25) is 14.0 Å². The monoisotopic (exact) mass is 235 g/mol. The molecule has 0 radical (unpaired) electrons. The van der Waals surface area contributed by atoms with Gasteiger partial charge in [-0.25, -0.2) is 0 Å². The lowest BCUT2D eigenvalue weighted by atomic mass is 10.4. The molecule has 0 bridgehead atoms. The molecule has 1 fully saturated rings. The topological polar surface area (TPSA) is 37.4 Å². The Morgan fingerprint density at radius 3 is 2.69 bits per heavy atom. The van der Waals surface area contributed by atoms with Crippen LogP contribution in [0.25, 0.3) is 0 Å². The number of benzene rings is 1. The average molecular weight is 235 g/mol. The second kappa shape index (κ2) is 4.26. The van der Waals surface area contributed by atoms with Crippen molar-refractivity contribution in [3.63, 3.8) is 0 Å². The molecule has 2 rings (SSSR count). The second-order valence-corrected chi connectivity index (χ2v) is 6.62. The van der Waals surface area contributed by atoms with E-state index in [1.807, 2.05) is 30.3 Å². The van der Waals surface area contributed by atoms with E-state index in [1.54, 1.807) is 6.08 Å². The van der Waals surface area contributed by atoms with Gasteiger partial charge in [-0.1, -0.05) is 24.3 Å². The van der Waals surface area contributed by atoms with E-state index in [4.69, 9.17) is 0 Å². The number of carbonyl (C=O) groups is 1. The SMILES string of the molecule is C=CCN1C(=O)CCP1(=O)c1ccccc1. The van der Waals surface area contributed by atoms with Gasteiger partial charge in [-0.2, -0.15) is 0 Å². The van der Waals surface area contributed by atoms with Crippen molar-refractivity contribution in [1.29, 1.82) is 0 Å². The van der Waals surface area contributed by atoms with Crippen LogP contribution in [-0.2, 0) is 9.36 Å². The highest BCUT2D eigenvalue weighted by atomic mass is 31.2. The van der Waals surface area contributed by atoms with E-state index in [0.29, 0.717) is 19.1 Å². The summed E-state index contributed by atoms with van der Waals surface area (Å²) < 4.78 is 14.3. The molecule has 1 aromatic carbocycles. The Bertz CT molecular complexity index is 455. The summed E-state index contributed by atoms with van der Waals surface area (Å²) in [6, 6.07) is 9.24. The van der Waals surface area contributed by atoms with Crippen molar-refractivity contribution in [3.05, 3.63) is 43.0 Å². The molecule has 1 amide bonds. The Morgan fingerprint density at radius 2 is 2.06 bits per heavy atom. The third kappa shape index (κ3) is 1.72. The zero-order valence-electron chi connectivity index (χ0n) is 9.00.